The molecule has 1 saturated carbocycles. The number of ether oxygens (including phenoxy) is 3. The van der Waals surface area contributed by atoms with Crippen molar-refractivity contribution in [2.75, 3.05) is 40.0 Å². The van der Waals surface area contributed by atoms with Crippen molar-refractivity contribution < 1.29 is 78.1 Å². The summed E-state index contributed by atoms with van der Waals surface area (Å²) in [4.78, 5) is 15.2. The van der Waals surface area contributed by atoms with Crippen molar-refractivity contribution in [1.29, 1.82) is 0 Å². The molecule has 0 aromatic rings. The normalized spacial score (nSPS) is 36.6. The summed E-state index contributed by atoms with van der Waals surface area (Å²) in [5.74, 6) is -5.12. The maximum absolute atomic E-state index is 13.4. The van der Waals surface area contributed by atoms with E-state index in [-0.39, 0.29) is 52.0 Å². The SMILES string of the molecule is CO.NCC(F)(F)C(O)C(=O)NC1CC(N)[C@@H](O[C@@H]2CC(O)[C@H](O)C(CNCCO)O2)C(O)C1.OC1COC(OF)C(O)C1. The Morgan fingerprint density at radius 3 is 2.27 bits per heavy atom. The molecule has 2 saturated heterocycles. The monoisotopic (exact) mass is 656 g/mol. The Hall–Kier alpha value is -1.34. The summed E-state index contributed by atoms with van der Waals surface area (Å²) in [5.41, 5.74) is 10.9. The van der Waals surface area contributed by atoms with E-state index in [0.29, 0.717) is 0 Å². The van der Waals surface area contributed by atoms with Gasteiger partial charge in [-0.25, -0.2) is 8.78 Å². The van der Waals surface area contributed by atoms with Crippen LogP contribution in [0.15, 0.2) is 0 Å². The van der Waals surface area contributed by atoms with Gasteiger partial charge in [-0.2, -0.15) is 4.94 Å². The largest absolute Gasteiger partial charge is 0.400 e. The zero-order chi connectivity index (χ0) is 33.6. The molecule has 20 heteroatoms. The van der Waals surface area contributed by atoms with Crippen LogP contribution in [-0.4, -0.2) is 166 Å². The summed E-state index contributed by atoms with van der Waals surface area (Å²) in [6.45, 7) is -0.914. The van der Waals surface area contributed by atoms with Crippen molar-refractivity contribution in [2.24, 2.45) is 11.5 Å². The van der Waals surface area contributed by atoms with Crippen molar-refractivity contribution in [3.05, 3.63) is 0 Å². The van der Waals surface area contributed by atoms with Gasteiger partial charge in [-0.05, 0) is 17.4 Å². The van der Waals surface area contributed by atoms with Crippen LogP contribution in [-0.2, 0) is 23.9 Å². The van der Waals surface area contributed by atoms with E-state index in [1.54, 1.807) is 0 Å². The average Bonchev–Trinajstić information content (AvgIpc) is 2.98. The minimum atomic E-state index is -3.79. The second-order valence-corrected chi connectivity index (χ2v) is 10.4. The topological polar surface area (TPSA) is 292 Å². The number of amides is 1. The molecule has 17 nitrogen and oxygen atoms in total. The first kappa shape index (κ1) is 40.7. The van der Waals surface area contributed by atoms with Crippen molar-refractivity contribution in [2.45, 2.75) is 105 Å². The van der Waals surface area contributed by atoms with E-state index < -0.39 is 91.9 Å². The fourth-order valence-electron chi connectivity index (χ4n) is 4.69. The Morgan fingerprint density at radius 1 is 1.07 bits per heavy atom. The lowest BCUT2D eigenvalue weighted by Crippen LogP contribution is -2.60. The third-order valence-corrected chi connectivity index (χ3v) is 7.00. The lowest BCUT2D eigenvalue weighted by Gasteiger charge is -2.43. The van der Waals surface area contributed by atoms with E-state index in [0.717, 1.165) is 7.11 Å². The summed E-state index contributed by atoms with van der Waals surface area (Å²) in [6.07, 6.45) is -11.9. The minimum Gasteiger partial charge on any atom is -0.400 e. The second-order valence-electron chi connectivity index (χ2n) is 10.4. The van der Waals surface area contributed by atoms with Crippen LogP contribution >= 0.6 is 0 Å². The molecule has 3 rings (SSSR count). The van der Waals surface area contributed by atoms with Crippen LogP contribution in [0.4, 0.5) is 13.3 Å². The number of hydrogen-bond acceptors (Lipinski definition) is 16. The Morgan fingerprint density at radius 2 is 1.73 bits per heavy atom. The fourth-order valence-corrected chi connectivity index (χ4v) is 4.69. The molecule has 14 N–H and O–H groups in total. The van der Waals surface area contributed by atoms with E-state index in [1.807, 2.05) is 0 Å². The van der Waals surface area contributed by atoms with E-state index in [4.69, 9.17) is 41.4 Å². The number of rotatable bonds is 11. The molecule has 1 amide bonds. The molecule has 9 unspecified atom stereocenters. The van der Waals surface area contributed by atoms with Crippen molar-refractivity contribution >= 4 is 5.91 Å². The molecule has 262 valence electrons. The van der Waals surface area contributed by atoms with E-state index in [1.165, 1.54) is 0 Å². The van der Waals surface area contributed by atoms with Gasteiger partial charge >= 0.3 is 0 Å². The molecular weight excluding hydrogens is 609 g/mol. The molecule has 2 aliphatic heterocycles. The number of nitrogens with one attached hydrogen (secondary N) is 2. The van der Waals surface area contributed by atoms with Gasteiger partial charge in [-0.15, -0.1) is 0 Å². The van der Waals surface area contributed by atoms with Crippen LogP contribution in [0.2, 0.25) is 0 Å². The Balaban J connectivity index is 0.000000675. The highest BCUT2D eigenvalue weighted by molar-refractivity contribution is 5.82. The van der Waals surface area contributed by atoms with Crippen LogP contribution in [0.3, 0.4) is 0 Å². The highest BCUT2D eigenvalue weighted by Gasteiger charge is 2.45. The van der Waals surface area contributed by atoms with Gasteiger partial charge in [0.1, 0.15) is 24.4 Å². The first-order valence-corrected chi connectivity index (χ1v) is 13.9. The zero-order valence-electron chi connectivity index (χ0n) is 24.2. The second kappa shape index (κ2) is 20.0. The molecule has 12 atom stereocenters. The van der Waals surface area contributed by atoms with Gasteiger partial charge < -0.3 is 77.2 Å². The highest BCUT2D eigenvalue weighted by Crippen LogP contribution is 2.28. The van der Waals surface area contributed by atoms with Gasteiger partial charge in [0.2, 0.25) is 6.29 Å². The van der Waals surface area contributed by atoms with Crippen molar-refractivity contribution in [3.8, 4) is 0 Å². The highest BCUT2D eigenvalue weighted by atomic mass is 19.3. The van der Waals surface area contributed by atoms with Crippen LogP contribution in [0.5, 0.6) is 0 Å². The third kappa shape index (κ3) is 12.5. The number of hydrogen-bond donors (Lipinski definition) is 12. The average molecular weight is 657 g/mol. The minimum absolute atomic E-state index is 0.00560. The molecule has 3 fully saturated rings. The third-order valence-electron chi connectivity index (χ3n) is 7.00. The van der Waals surface area contributed by atoms with Crippen molar-refractivity contribution in [3.63, 3.8) is 0 Å². The number of alkyl halides is 2. The predicted octanol–water partition coefficient (Wildman–Crippen LogP) is -5.32. The molecule has 2 heterocycles. The number of aliphatic hydroxyl groups is 8. The Bertz CT molecular complexity index is 802. The van der Waals surface area contributed by atoms with Gasteiger partial charge in [0, 0.05) is 45.1 Å². The summed E-state index contributed by atoms with van der Waals surface area (Å²) < 4.78 is 54.2. The van der Waals surface area contributed by atoms with Crippen LogP contribution < -0.4 is 22.1 Å². The van der Waals surface area contributed by atoms with Crippen LogP contribution in [0.25, 0.3) is 0 Å². The Kier molecular flexibility index (Phi) is 18.5. The first-order chi connectivity index (χ1) is 20.7. The standard InChI is InChI=1S/C18H34F2N4O8.C5H9FO4.CH4O/c19-18(20,7-21)16(29)17(30)24-8-3-9(22)15(11(27)4-8)32-13-5-10(26)14(28)12(31-13)6-23-1-2-25;6-10-5-4(8)1-3(7)2-9-5;1-2/h8-16,23,25-29H,1-7,21-22H2,(H,24,30);3-5,7-8H,1-2H2;2H,1H3/t8?,9?,10?,11?,12?,13-,14+,15-,16?;;/m1../s1. The van der Waals surface area contributed by atoms with Crippen LogP contribution in [0, 0.1) is 0 Å². The maximum atomic E-state index is 13.4. The van der Waals surface area contributed by atoms with Gasteiger partial charge in [-0.3, -0.25) is 4.79 Å². The summed E-state index contributed by atoms with van der Waals surface area (Å²) in [6, 6.07) is -1.61. The summed E-state index contributed by atoms with van der Waals surface area (Å²) >= 11 is 0. The lowest BCUT2D eigenvalue weighted by atomic mass is 9.86. The number of nitrogens with two attached hydrogens (primary N) is 2. The first-order valence-electron chi connectivity index (χ1n) is 13.9. The number of carbonyl (C=O) groups excluding carboxylic acids is 1. The van der Waals surface area contributed by atoms with E-state index in [9.17, 15) is 38.5 Å². The Labute approximate surface area is 251 Å². The molecule has 44 heavy (non-hydrogen) atoms. The molecule has 0 radical (unpaired) electrons. The smallest absolute Gasteiger partial charge is 0.294 e. The molecule has 3 aliphatic rings. The summed E-state index contributed by atoms with van der Waals surface area (Å²) in [7, 11) is 1.00. The molecule has 0 spiro atoms. The molecule has 0 aromatic carbocycles. The number of halogens is 3. The molecule has 0 bridgehead atoms. The fraction of sp³-hybridized carbons (Fsp3) is 0.958. The van der Waals surface area contributed by atoms with Crippen LogP contribution in [0.1, 0.15) is 25.7 Å². The predicted molar refractivity (Wildman–Crippen MR) is 142 cm³/mol. The van der Waals surface area contributed by atoms with Gasteiger partial charge in [0.25, 0.3) is 11.8 Å². The number of carbonyl (C=O) groups is 1. The summed E-state index contributed by atoms with van der Waals surface area (Å²) in [5, 5.41) is 78.8. The van der Waals surface area contributed by atoms with Gasteiger partial charge in [0.05, 0.1) is 38.1 Å². The van der Waals surface area contributed by atoms with E-state index in [2.05, 4.69) is 20.3 Å². The molecular formula is C24H47F3N4O13. The lowest BCUT2D eigenvalue weighted by molar-refractivity contribution is -0.324. The number of aliphatic hydroxyl groups excluding tert-OH is 8. The quantitative estimate of drug-likeness (QED) is 0.0925. The van der Waals surface area contributed by atoms with Gasteiger partial charge in [-0.1, -0.05) is 0 Å². The maximum Gasteiger partial charge on any atom is 0.294 e. The van der Waals surface area contributed by atoms with Crippen molar-refractivity contribution in [1.82, 2.24) is 10.6 Å². The van der Waals surface area contributed by atoms with E-state index >= 15 is 0 Å². The van der Waals surface area contributed by atoms with Gasteiger partial charge in [0.15, 0.2) is 12.4 Å². The molecule has 1 aliphatic carbocycles. The molecule has 0 aromatic heterocycles. The zero-order valence-corrected chi connectivity index (χ0v) is 24.2.